The maximum Gasteiger partial charge on any atom is 0.434 e. The van der Waals surface area contributed by atoms with E-state index in [-0.39, 0.29) is 22.6 Å². The summed E-state index contributed by atoms with van der Waals surface area (Å²) in [6.45, 7) is 1.25. The Hall–Kier alpha value is -4.70. The summed E-state index contributed by atoms with van der Waals surface area (Å²) in [5, 5.41) is 21.2. The van der Waals surface area contributed by atoms with Gasteiger partial charge in [0.25, 0.3) is 11.8 Å². The Morgan fingerprint density at radius 1 is 1.18 bits per heavy atom. The standard InChI is InChI=1S/C25H23F3N8O2/c26-25(27,28)22-19(13-34-36(22)20-14-31-11-15-5-1-2-6-18(15)20)23(37)35-17-9-16(10-30)21(33-12-17)24(38)32-8-4-3-7-29/h1-2,5-6,9,12-14,31H,3-4,7-8,11,29H2,(H,32,38)(H,35,37). The van der Waals surface area contributed by atoms with Crippen molar-refractivity contribution in [1.29, 1.82) is 5.26 Å². The van der Waals surface area contributed by atoms with Crippen molar-refractivity contribution in [3.05, 3.63) is 82.6 Å². The van der Waals surface area contributed by atoms with Crippen molar-refractivity contribution < 1.29 is 22.8 Å². The van der Waals surface area contributed by atoms with Crippen LogP contribution < -0.4 is 21.7 Å². The van der Waals surface area contributed by atoms with Gasteiger partial charge in [0.05, 0.1) is 34.9 Å². The predicted octanol–water partition coefficient (Wildman–Crippen LogP) is 2.84. The molecule has 0 saturated heterocycles. The van der Waals surface area contributed by atoms with Crippen LogP contribution >= 0.6 is 0 Å². The van der Waals surface area contributed by atoms with Crippen molar-refractivity contribution in [3.63, 3.8) is 0 Å². The Morgan fingerprint density at radius 3 is 2.71 bits per heavy atom. The monoisotopic (exact) mass is 524 g/mol. The van der Waals surface area contributed by atoms with Gasteiger partial charge >= 0.3 is 6.18 Å². The number of halogens is 3. The molecule has 3 aromatic rings. The number of pyridine rings is 1. The smallest absolute Gasteiger partial charge is 0.385 e. The molecule has 2 aromatic heterocycles. The number of fused-ring (bicyclic) bond motifs is 1. The van der Waals surface area contributed by atoms with Gasteiger partial charge in [-0.1, -0.05) is 24.3 Å². The Labute approximate surface area is 215 Å². The number of unbranched alkanes of at least 4 members (excludes halogenated alkanes) is 1. The van der Waals surface area contributed by atoms with Gasteiger partial charge in [0.15, 0.2) is 5.69 Å². The molecule has 196 valence electrons. The zero-order chi connectivity index (χ0) is 27.3. The highest BCUT2D eigenvalue weighted by Gasteiger charge is 2.41. The van der Waals surface area contributed by atoms with Crippen LogP contribution in [0, 0.1) is 11.3 Å². The molecule has 13 heteroatoms. The molecule has 0 atom stereocenters. The van der Waals surface area contributed by atoms with E-state index < -0.39 is 29.2 Å². The second-order valence-corrected chi connectivity index (χ2v) is 8.32. The number of carbonyl (C=O) groups excluding carboxylic acids is 2. The summed E-state index contributed by atoms with van der Waals surface area (Å²) >= 11 is 0. The third kappa shape index (κ3) is 5.50. The molecule has 3 heterocycles. The Balaban J connectivity index is 1.60. The van der Waals surface area contributed by atoms with E-state index in [2.05, 4.69) is 26.0 Å². The summed E-state index contributed by atoms with van der Waals surface area (Å²) in [5.74, 6) is -1.70. The van der Waals surface area contributed by atoms with Crippen LogP contribution in [0.15, 0.2) is 48.9 Å². The average Bonchev–Trinajstić information content (AvgIpc) is 3.37. The topological polar surface area (TPSA) is 151 Å². The summed E-state index contributed by atoms with van der Waals surface area (Å²) < 4.78 is 43.2. The van der Waals surface area contributed by atoms with E-state index >= 15 is 0 Å². The van der Waals surface area contributed by atoms with Crippen LogP contribution in [0.25, 0.3) is 5.70 Å². The molecule has 0 fully saturated rings. The third-order valence-corrected chi connectivity index (χ3v) is 5.73. The number of aromatic nitrogens is 3. The molecule has 0 unspecified atom stereocenters. The number of nitriles is 1. The van der Waals surface area contributed by atoms with Gasteiger partial charge in [0, 0.05) is 24.9 Å². The van der Waals surface area contributed by atoms with Gasteiger partial charge in [-0.3, -0.25) is 9.59 Å². The second kappa shape index (κ2) is 11.1. The molecule has 0 radical (unpaired) electrons. The molecule has 5 N–H and O–H groups in total. The van der Waals surface area contributed by atoms with Crippen LogP contribution in [0.2, 0.25) is 0 Å². The number of nitrogens with one attached hydrogen (secondary N) is 3. The van der Waals surface area contributed by atoms with Crippen molar-refractivity contribution in [1.82, 2.24) is 25.4 Å². The maximum absolute atomic E-state index is 14.2. The highest BCUT2D eigenvalue weighted by molar-refractivity contribution is 6.05. The number of hydrogen-bond donors (Lipinski definition) is 4. The molecule has 38 heavy (non-hydrogen) atoms. The van der Waals surface area contributed by atoms with Crippen LogP contribution in [0.4, 0.5) is 18.9 Å². The number of amides is 2. The van der Waals surface area contributed by atoms with E-state index in [1.54, 1.807) is 24.3 Å². The normalized spacial score (nSPS) is 12.6. The SMILES string of the molecule is N#Cc1cc(NC(=O)c2cnn(C3=CNCc4ccccc43)c2C(F)(F)F)cnc1C(=O)NCCCCN. The number of rotatable bonds is 8. The van der Waals surface area contributed by atoms with Crippen LogP contribution in [-0.2, 0) is 12.7 Å². The fourth-order valence-electron chi connectivity index (χ4n) is 3.96. The number of anilines is 1. The third-order valence-electron chi connectivity index (χ3n) is 5.73. The van der Waals surface area contributed by atoms with E-state index in [9.17, 15) is 28.0 Å². The molecule has 1 aliphatic rings. The lowest BCUT2D eigenvalue weighted by Gasteiger charge is -2.21. The van der Waals surface area contributed by atoms with Crippen LogP contribution in [-0.4, -0.2) is 39.7 Å². The molecular formula is C25H23F3N8O2. The summed E-state index contributed by atoms with van der Waals surface area (Å²) in [7, 11) is 0. The zero-order valence-corrected chi connectivity index (χ0v) is 20.0. The minimum atomic E-state index is -4.92. The van der Waals surface area contributed by atoms with E-state index in [1.807, 2.05) is 6.07 Å². The first-order chi connectivity index (χ1) is 18.2. The number of carbonyl (C=O) groups is 2. The number of alkyl halides is 3. The second-order valence-electron chi connectivity index (χ2n) is 8.32. The predicted molar refractivity (Wildman–Crippen MR) is 131 cm³/mol. The van der Waals surface area contributed by atoms with Gasteiger partial charge in [-0.15, -0.1) is 0 Å². The molecule has 4 rings (SSSR count). The Kier molecular flexibility index (Phi) is 7.73. The Morgan fingerprint density at radius 2 is 1.97 bits per heavy atom. The minimum Gasteiger partial charge on any atom is -0.385 e. The highest BCUT2D eigenvalue weighted by Crippen LogP contribution is 2.36. The van der Waals surface area contributed by atoms with E-state index in [1.165, 1.54) is 12.3 Å². The highest BCUT2D eigenvalue weighted by atomic mass is 19.4. The van der Waals surface area contributed by atoms with Crippen molar-refractivity contribution in [2.45, 2.75) is 25.6 Å². The number of hydrogen-bond acceptors (Lipinski definition) is 7. The lowest BCUT2D eigenvalue weighted by Crippen LogP contribution is -2.27. The minimum absolute atomic E-state index is 0.0593. The van der Waals surface area contributed by atoms with Gasteiger partial charge < -0.3 is 21.7 Å². The molecule has 10 nitrogen and oxygen atoms in total. The molecule has 0 saturated carbocycles. The quantitative estimate of drug-likeness (QED) is 0.331. The summed E-state index contributed by atoms with van der Waals surface area (Å²) in [4.78, 5) is 29.2. The Bertz CT molecular complexity index is 1440. The number of nitrogens with zero attached hydrogens (tertiary/aromatic N) is 4. The summed E-state index contributed by atoms with van der Waals surface area (Å²) in [5.41, 5.74) is 4.51. The fourth-order valence-corrected chi connectivity index (χ4v) is 3.96. The van der Waals surface area contributed by atoms with Crippen molar-refractivity contribution in [3.8, 4) is 6.07 Å². The lowest BCUT2D eigenvalue weighted by molar-refractivity contribution is -0.143. The van der Waals surface area contributed by atoms with Gasteiger partial charge in [-0.25, -0.2) is 9.67 Å². The first-order valence-electron chi connectivity index (χ1n) is 11.6. The van der Waals surface area contributed by atoms with Gasteiger partial charge in [-0.05, 0) is 31.0 Å². The first kappa shape index (κ1) is 26.4. The van der Waals surface area contributed by atoms with Gasteiger partial charge in [-0.2, -0.15) is 23.5 Å². The largest absolute Gasteiger partial charge is 0.434 e. The average molecular weight is 525 g/mol. The molecular weight excluding hydrogens is 501 g/mol. The summed E-state index contributed by atoms with van der Waals surface area (Å²) in [6, 6.07) is 9.92. The van der Waals surface area contributed by atoms with Crippen LogP contribution in [0.5, 0.6) is 0 Å². The van der Waals surface area contributed by atoms with Gasteiger partial charge in [0.1, 0.15) is 11.8 Å². The number of nitrogens with two attached hydrogens (primary N) is 1. The molecule has 0 bridgehead atoms. The zero-order valence-electron chi connectivity index (χ0n) is 20.0. The first-order valence-corrected chi connectivity index (χ1v) is 11.6. The fraction of sp³-hybridized carbons (Fsp3) is 0.240. The van der Waals surface area contributed by atoms with E-state index in [0.717, 1.165) is 18.0 Å². The van der Waals surface area contributed by atoms with Gasteiger partial charge in [0.2, 0.25) is 0 Å². The van der Waals surface area contributed by atoms with E-state index in [0.29, 0.717) is 42.7 Å². The van der Waals surface area contributed by atoms with Crippen LogP contribution in [0.3, 0.4) is 0 Å². The van der Waals surface area contributed by atoms with Crippen molar-refractivity contribution >= 4 is 23.2 Å². The van der Waals surface area contributed by atoms with E-state index in [4.69, 9.17) is 5.73 Å². The maximum atomic E-state index is 14.2. The van der Waals surface area contributed by atoms with Crippen molar-refractivity contribution in [2.75, 3.05) is 18.4 Å². The molecule has 2 amide bonds. The lowest BCUT2D eigenvalue weighted by atomic mass is 10.0. The van der Waals surface area contributed by atoms with Crippen molar-refractivity contribution in [2.24, 2.45) is 5.73 Å². The number of benzene rings is 1. The molecule has 0 aliphatic carbocycles. The molecule has 0 spiro atoms. The summed E-state index contributed by atoms with van der Waals surface area (Å²) in [6.07, 6.45) is -0.229. The molecule has 1 aromatic carbocycles. The van der Waals surface area contributed by atoms with Crippen LogP contribution in [0.1, 0.15) is 56.1 Å². The molecule has 1 aliphatic heterocycles.